The first-order chi connectivity index (χ1) is 11.5. The number of likely N-dealkylation sites (tertiary alicyclic amines) is 1. The molecule has 3 rings (SSSR count). The van der Waals surface area contributed by atoms with Crippen LogP contribution in [0.3, 0.4) is 0 Å². The summed E-state index contributed by atoms with van der Waals surface area (Å²) in [4.78, 5) is 20.0. The van der Waals surface area contributed by atoms with E-state index in [1.165, 1.54) is 0 Å². The fourth-order valence-electron chi connectivity index (χ4n) is 3.52. The van der Waals surface area contributed by atoms with Crippen molar-refractivity contribution in [2.24, 2.45) is 5.92 Å². The Morgan fingerprint density at radius 1 is 1.46 bits per heavy atom. The number of alkyl halides is 1. The van der Waals surface area contributed by atoms with Crippen LogP contribution >= 0.6 is 0 Å². The minimum absolute atomic E-state index is 0.0170. The molecule has 0 N–H and O–H groups in total. The van der Waals surface area contributed by atoms with E-state index in [0.717, 1.165) is 25.9 Å². The van der Waals surface area contributed by atoms with Crippen LogP contribution in [-0.2, 0) is 16.1 Å². The number of aryl methyl sites for hydroxylation is 1. The van der Waals surface area contributed by atoms with E-state index in [2.05, 4.69) is 19.9 Å². The van der Waals surface area contributed by atoms with Crippen LogP contribution in [0.25, 0.3) is 0 Å². The Morgan fingerprint density at radius 3 is 2.96 bits per heavy atom. The van der Waals surface area contributed by atoms with E-state index in [-0.39, 0.29) is 17.9 Å². The number of rotatable bonds is 7. The van der Waals surface area contributed by atoms with Crippen molar-refractivity contribution in [2.75, 3.05) is 33.3 Å². The van der Waals surface area contributed by atoms with Crippen LogP contribution in [0.5, 0.6) is 0 Å². The summed E-state index contributed by atoms with van der Waals surface area (Å²) in [7, 11) is 2.02. The first-order valence-corrected chi connectivity index (χ1v) is 8.53. The molecular formula is C16H25FN4O3. The van der Waals surface area contributed by atoms with Crippen molar-refractivity contribution in [3.63, 3.8) is 0 Å². The molecule has 3 atom stereocenters. The second-order valence-electron chi connectivity index (χ2n) is 6.85. The number of hydrogen-bond acceptors (Lipinski definition) is 7. The van der Waals surface area contributed by atoms with E-state index in [9.17, 15) is 9.18 Å². The predicted octanol–water partition coefficient (Wildman–Crippen LogP) is 1.18. The molecule has 0 aromatic carbocycles. The van der Waals surface area contributed by atoms with Crippen LogP contribution in [0.4, 0.5) is 4.39 Å². The zero-order valence-electron chi connectivity index (χ0n) is 14.3. The molecule has 0 amide bonds. The molecule has 0 radical (unpaired) electrons. The maximum atomic E-state index is 13.9. The minimum atomic E-state index is -0.818. The van der Waals surface area contributed by atoms with Crippen molar-refractivity contribution >= 4 is 5.97 Å². The van der Waals surface area contributed by atoms with Gasteiger partial charge in [-0.25, -0.2) is 4.39 Å². The number of ether oxygens (including phenoxy) is 1. The summed E-state index contributed by atoms with van der Waals surface area (Å²) < 4.78 is 23.9. The molecule has 2 aliphatic rings. The molecule has 1 aromatic rings. The topological polar surface area (TPSA) is 71.7 Å². The molecule has 0 spiro atoms. The number of nitrogens with zero attached hydrogens (tertiary/aromatic N) is 4. The lowest BCUT2D eigenvalue weighted by Crippen LogP contribution is -2.39. The Bertz CT molecular complexity index is 567. The highest BCUT2D eigenvalue weighted by Gasteiger charge is 2.34. The van der Waals surface area contributed by atoms with Gasteiger partial charge in [-0.3, -0.25) is 9.69 Å². The third kappa shape index (κ3) is 4.30. The minimum Gasteiger partial charge on any atom is -0.465 e. The molecular weight excluding hydrogens is 315 g/mol. The first-order valence-electron chi connectivity index (χ1n) is 8.53. The third-order valence-electron chi connectivity index (χ3n) is 4.82. The van der Waals surface area contributed by atoms with E-state index in [0.29, 0.717) is 37.8 Å². The maximum absolute atomic E-state index is 13.9. The van der Waals surface area contributed by atoms with Gasteiger partial charge in [0.2, 0.25) is 5.89 Å². The summed E-state index contributed by atoms with van der Waals surface area (Å²) in [6.45, 7) is 4.77. The number of carbonyl (C=O) groups excluding carboxylic acids is 1. The molecule has 0 bridgehead atoms. The molecule has 7 nitrogen and oxygen atoms in total. The van der Waals surface area contributed by atoms with Crippen molar-refractivity contribution < 1.29 is 18.4 Å². The van der Waals surface area contributed by atoms with Gasteiger partial charge in [0.1, 0.15) is 6.17 Å². The van der Waals surface area contributed by atoms with Gasteiger partial charge in [-0.05, 0) is 32.9 Å². The zero-order chi connectivity index (χ0) is 17.1. The van der Waals surface area contributed by atoms with E-state index in [1.54, 1.807) is 6.92 Å². The van der Waals surface area contributed by atoms with Gasteiger partial charge in [-0.1, -0.05) is 5.16 Å². The summed E-state index contributed by atoms with van der Waals surface area (Å²) in [6, 6.07) is 0.124. The Kier molecular flexibility index (Phi) is 5.45. The molecule has 3 heterocycles. The average Bonchev–Trinajstić information content (AvgIpc) is 3.20. The van der Waals surface area contributed by atoms with Crippen LogP contribution in [0, 0.1) is 12.8 Å². The van der Waals surface area contributed by atoms with Crippen LogP contribution in [0.15, 0.2) is 4.52 Å². The molecule has 0 aliphatic carbocycles. The standard InChI is InChI=1S/C16H25FN4O3/c1-11-18-15(19-24-11)10-21-8-13(17)7-14(21)9-20(2)5-3-12-4-6-23-16(12)22/h12-14H,3-10H2,1-2H3/t12-,13+,14+/m1/s1. The molecule has 8 heteroatoms. The van der Waals surface area contributed by atoms with Crippen LogP contribution < -0.4 is 0 Å². The summed E-state index contributed by atoms with van der Waals surface area (Å²) in [5, 5.41) is 3.90. The Morgan fingerprint density at radius 2 is 2.29 bits per heavy atom. The van der Waals surface area contributed by atoms with Gasteiger partial charge in [0.05, 0.1) is 19.1 Å². The number of esters is 1. The molecule has 2 fully saturated rings. The molecule has 2 aliphatic heterocycles. The number of aromatic nitrogens is 2. The van der Waals surface area contributed by atoms with Gasteiger partial charge in [-0.15, -0.1) is 0 Å². The number of hydrogen-bond donors (Lipinski definition) is 0. The van der Waals surface area contributed by atoms with E-state index in [1.807, 2.05) is 7.05 Å². The largest absolute Gasteiger partial charge is 0.465 e. The lowest BCUT2D eigenvalue weighted by atomic mass is 10.0. The molecule has 0 unspecified atom stereocenters. The fraction of sp³-hybridized carbons (Fsp3) is 0.812. The number of cyclic esters (lactones) is 1. The normalized spacial score (nSPS) is 28.0. The molecule has 134 valence electrons. The van der Waals surface area contributed by atoms with Crippen molar-refractivity contribution in [3.8, 4) is 0 Å². The Hall–Kier alpha value is -1.54. The number of carbonyl (C=O) groups is 1. The van der Waals surface area contributed by atoms with Gasteiger partial charge < -0.3 is 14.2 Å². The van der Waals surface area contributed by atoms with E-state index < -0.39 is 6.17 Å². The second kappa shape index (κ2) is 7.57. The van der Waals surface area contributed by atoms with E-state index >= 15 is 0 Å². The van der Waals surface area contributed by atoms with Crippen molar-refractivity contribution in [1.82, 2.24) is 19.9 Å². The second-order valence-corrected chi connectivity index (χ2v) is 6.85. The summed E-state index contributed by atoms with van der Waals surface area (Å²) in [5.74, 6) is 1.06. The van der Waals surface area contributed by atoms with Crippen molar-refractivity contribution in [3.05, 3.63) is 11.7 Å². The van der Waals surface area contributed by atoms with E-state index in [4.69, 9.17) is 9.26 Å². The lowest BCUT2D eigenvalue weighted by molar-refractivity contribution is -0.141. The fourth-order valence-corrected chi connectivity index (χ4v) is 3.52. The van der Waals surface area contributed by atoms with Crippen LogP contribution in [-0.4, -0.2) is 71.4 Å². The van der Waals surface area contributed by atoms with Crippen molar-refractivity contribution in [2.45, 2.75) is 44.9 Å². The van der Waals surface area contributed by atoms with Gasteiger partial charge in [0, 0.05) is 26.1 Å². The quantitative estimate of drug-likeness (QED) is 0.690. The molecule has 0 saturated carbocycles. The predicted molar refractivity (Wildman–Crippen MR) is 83.9 cm³/mol. The lowest BCUT2D eigenvalue weighted by Gasteiger charge is -2.27. The van der Waals surface area contributed by atoms with Gasteiger partial charge in [0.15, 0.2) is 5.82 Å². The van der Waals surface area contributed by atoms with Gasteiger partial charge in [0.25, 0.3) is 0 Å². The third-order valence-corrected chi connectivity index (χ3v) is 4.82. The average molecular weight is 340 g/mol. The summed E-state index contributed by atoms with van der Waals surface area (Å²) >= 11 is 0. The van der Waals surface area contributed by atoms with Crippen molar-refractivity contribution in [1.29, 1.82) is 0 Å². The first kappa shape index (κ1) is 17.3. The highest BCUT2D eigenvalue weighted by atomic mass is 19.1. The maximum Gasteiger partial charge on any atom is 0.309 e. The highest BCUT2D eigenvalue weighted by Crippen LogP contribution is 2.23. The molecule has 1 aromatic heterocycles. The monoisotopic (exact) mass is 340 g/mol. The SMILES string of the molecule is Cc1nc(CN2C[C@@H](F)C[C@H]2CN(C)CC[C@@H]2CCOC2=O)no1. The Balaban J connectivity index is 1.49. The number of likely N-dealkylation sites (N-methyl/N-ethyl adjacent to an activating group) is 1. The van der Waals surface area contributed by atoms with Crippen LogP contribution in [0.1, 0.15) is 31.0 Å². The number of halogens is 1. The Labute approximate surface area is 141 Å². The van der Waals surface area contributed by atoms with Gasteiger partial charge >= 0.3 is 5.97 Å². The summed E-state index contributed by atoms with van der Waals surface area (Å²) in [5.41, 5.74) is 0. The molecule has 24 heavy (non-hydrogen) atoms. The molecule has 2 saturated heterocycles. The zero-order valence-corrected chi connectivity index (χ0v) is 14.3. The van der Waals surface area contributed by atoms with Gasteiger partial charge in [-0.2, -0.15) is 4.98 Å². The smallest absolute Gasteiger partial charge is 0.309 e. The highest BCUT2D eigenvalue weighted by molar-refractivity contribution is 5.74. The van der Waals surface area contributed by atoms with Crippen LogP contribution in [0.2, 0.25) is 0 Å². The summed E-state index contributed by atoms with van der Waals surface area (Å²) in [6.07, 6.45) is 1.31.